The summed E-state index contributed by atoms with van der Waals surface area (Å²) >= 11 is 0. The van der Waals surface area contributed by atoms with Crippen LogP contribution >= 0.6 is 0 Å². The Bertz CT molecular complexity index is 818. The van der Waals surface area contributed by atoms with Gasteiger partial charge in [0.05, 0.1) is 16.6 Å². The van der Waals surface area contributed by atoms with Crippen molar-refractivity contribution in [1.82, 2.24) is 9.55 Å². The third-order valence-electron chi connectivity index (χ3n) is 5.96. The van der Waals surface area contributed by atoms with Crippen LogP contribution < -0.4 is 5.69 Å². The lowest BCUT2D eigenvalue weighted by atomic mass is 10.0. The summed E-state index contributed by atoms with van der Waals surface area (Å²) in [5.74, 6) is 2.01. The second-order valence-corrected chi connectivity index (χ2v) is 6.82. The molecule has 2 aromatic rings. The molecule has 4 unspecified atom stereocenters. The van der Waals surface area contributed by atoms with Gasteiger partial charge in [-0.05, 0) is 61.1 Å². The van der Waals surface area contributed by atoms with Crippen molar-refractivity contribution in [2.24, 2.45) is 23.7 Å². The Morgan fingerprint density at radius 1 is 1.24 bits per heavy atom. The van der Waals surface area contributed by atoms with Crippen LogP contribution in [0.4, 0.5) is 0 Å². The van der Waals surface area contributed by atoms with Crippen LogP contribution in [0.15, 0.2) is 23.0 Å². The van der Waals surface area contributed by atoms with Gasteiger partial charge in [-0.1, -0.05) is 0 Å². The van der Waals surface area contributed by atoms with E-state index < -0.39 is 5.97 Å². The Balaban J connectivity index is 1.63. The molecule has 5 rings (SSSR count). The van der Waals surface area contributed by atoms with Gasteiger partial charge in [-0.2, -0.15) is 0 Å². The first-order chi connectivity index (χ1) is 10.1. The molecule has 0 amide bonds. The lowest BCUT2D eigenvalue weighted by Gasteiger charge is -2.10. The average molecular weight is 284 g/mol. The zero-order chi connectivity index (χ0) is 14.3. The molecule has 0 saturated heterocycles. The van der Waals surface area contributed by atoms with Gasteiger partial charge >= 0.3 is 11.7 Å². The van der Waals surface area contributed by atoms with Crippen LogP contribution in [0.3, 0.4) is 0 Å². The molecule has 1 heterocycles. The number of imidazole rings is 1. The molecule has 3 fully saturated rings. The molecule has 1 aromatic carbocycles. The number of aromatic carboxylic acids is 1. The van der Waals surface area contributed by atoms with Crippen LogP contribution in [0.1, 0.15) is 35.7 Å². The molecule has 3 aliphatic rings. The molecule has 2 bridgehead atoms. The number of hydrogen-bond acceptors (Lipinski definition) is 2. The van der Waals surface area contributed by atoms with E-state index in [-0.39, 0.29) is 11.3 Å². The first-order valence-corrected chi connectivity index (χ1v) is 7.62. The predicted molar refractivity (Wildman–Crippen MR) is 76.4 cm³/mol. The molecular weight excluding hydrogens is 268 g/mol. The van der Waals surface area contributed by atoms with Crippen LogP contribution in [0, 0.1) is 23.7 Å². The molecule has 3 saturated carbocycles. The first-order valence-electron chi connectivity index (χ1n) is 7.62. The number of hydrogen-bond donors (Lipinski definition) is 2. The molecular formula is C16H16N2O3. The average Bonchev–Trinajstić information content (AvgIpc) is 2.81. The molecule has 5 heteroatoms. The van der Waals surface area contributed by atoms with Crippen molar-refractivity contribution in [1.29, 1.82) is 0 Å². The van der Waals surface area contributed by atoms with Gasteiger partial charge in [-0.15, -0.1) is 0 Å². The first kappa shape index (κ1) is 11.6. The van der Waals surface area contributed by atoms with Gasteiger partial charge in [-0.25, -0.2) is 9.59 Å². The molecule has 4 atom stereocenters. The van der Waals surface area contributed by atoms with Crippen LogP contribution in [0.25, 0.3) is 11.0 Å². The fourth-order valence-corrected chi connectivity index (χ4v) is 5.18. The monoisotopic (exact) mass is 284 g/mol. The molecule has 21 heavy (non-hydrogen) atoms. The Morgan fingerprint density at radius 3 is 2.62 bits per heavy atom. The van der Waals surface area contributed by atoms with Crippen molar-refractivity contribution in [2.45, 2.75) is 25.3 Å². The van der Waals surface area contributed by atoms with E-state index >= 15 is 0 Å². The van der Waals surface area contributed by atoms with Crippen LogP contribution in [-0.2, 0) is 0 Å². The fraction of sp³-hybridized carbons (Fsp3) is 0.500. The third-order valence-corrected chi connectivity index (χ3v) is 5.96. The Hall–Kier alpha value is -2.04. The van der Waals surface area contributed by atoms with E-state index in [9.17, 15) is 9.59 Å². The SMILES string of the molecule is O=C(O)c1ccc2c(c1)[nH]c(=O)n2C1C2C3CCC(C3)C21. The van der Waals surface area contributed by atoms with Crippen LogP contribution in [0.2, 0.25) is 0 Å². The molecule has 0 aliphatic heterocycles. The van der Waals surface area contributed by atoms with E-state index in [0.29, 0.717) is 23.4 Å². The summed E-state index contributed by atoms with van der Waals surface area (Å²) < 4.78 is 1.89. The van der Waals surface area contributed by atoms with Crippen LogP contribution in [-0.4, -0.2) is 20.6 Å². The van der Waals surface area contributed by atoms with Gasteiger partial charge in [0.2, 0.25) is 0 Å². The summed E-state index contributed by atoms with van der Waals surface area (Å²) in [5.41, 5.74) is 1.61. The number of carboxylic acids is 1. The maximum Gasteiger partial charge on any atom is 0.335 e. The predicted octanol–water partition coefficient (Wildman–Crippen LogP) is 2.24. The van der Waals surface area contributed by atoms with Crippen molar-refractivity contribution < 1.29 is 9.90 Å². The molecule has 3 aliphatic carbocycles. The summed E-state index contributed by atoms with van der Waals surface area (Å²) in [6.45, 7) is 0. The van der Waals surface area contributed by atoms with Gasteiger partial charge in [0, 0.05) is 6.04 Å². The zero-order valence-electron chi connectivity index (χ0n) is 11.5. The highest BCUT2D eigenvalue weighted by Gasteiger charge is 2.66. The quantitative estimate of drug-likeness (QED) is 0.888. The van der Waals surface area contributed by atoms with Gasteiger partial charge in [0.15, 0.2) is 0 Å². The topological polar surface area (TPSA) is 75.1 Å². The second kappa shape index (κ2) is 3.59. The molecule has 2 N–H and O–H groups in total. The number of aromatic amines is 1. The van der Waals surface area contributed by atoms with Gasteiger partial charge < -0.3 is 10.1 Å². The van der Waals surface area contributed by atoms with E-state index in [4.69, 9.17) is 5.11 Å². The standard InChI is InChI=1S/C16H16N2O3/c19-15(20)9-3-4-11-10(6-9)17-16(21)18(11)14-12-7-1-2-8(5-7)13(12)14/h3-4,6-8,12-14H,1-2,5H2,(H,17,21)(H,19,20). The Kier molecular flexibility index (Phi) is 1.98. The highest BCUT2D eigenvalue weighted by atomic mass is 16.4. The third kappa shape index (κ3) is 1.36. The van der Waals surface area contributed by atoms with Crippen molar-refractivity contribution >= 4 is 17.0 Å². The maximum atomic E-state index is 12.3. The number of benzene rings is 1. The number of aromatic nitrogens is 2. The largest absolute Gasteiger partial charge is 0.478 e. The van der Waals surface area contributed by atoms with Crippen molar-refractivity contribution in [3.8, 4) is 0 Å². The summed E-state index contributed by atoms with van der Waals surface area (Å²) in [7, 11) is 0. The number of carboxylic acid groups (broad SMARTS) is 1. The summed E-state index contributed by atoms with van der Waals surface area (Å²) in [4.78, 5) is 26.2. The van der Waals surface area contributed by atoms with E-state index in [2.05, 4.69) is 4.98 Å². The highest BCUT2D eigenvalue weighted by Crippen LogP contribution is 2.71. The number of fused-ring (bicyclic) bond motifs is 6. The van der Waals surface area contributed by atoms with E-state index in [1.807, 2.05) is 4.57 Å². The van der Waals surface area contributed by atoms with Crippen molar-refractivity contribution in [3.05, 3.63) is 34.2 Å². The minimum absolute atomic E-state index is 0.0914. The summed E-state index contributed by atoms with van der Waals surface area (Å²) in [6.07, 6.45) is 4.00. The lowest BCUT2D eigenvalue weighted by molar-refractivity contribution is 0.0697. The number of carbonyl (C=O) groups is 1. The van der Waals surface area contributed by atoms with E-state index in [1.54, 1.807) is 18.2 Å². The van der Waals surface area contributed by atoms with E-state index in [1.165, 1.54) is 19.3 Å². The van der Waals surface area contributed by atoms with E-state index in [0.717, 1.165) is 17.4 Å². The van der Waals surface area contributed by atoms with Crippen LogP contribution in [0.5, 0.6) is 0 Å². The molecule has 0 spiro atoms. The molecule has 5 nitrogen and oxygen atoms in total. The number of rotatable bonds is 2. The smallest absolute Gasteiger partial charge is 0.335 e. The maximum absolute atomic E-state index is 12.3. The molecule has 108 valence electrons. The normalized spacial score (nSPS) is 36.1. The van der Waals surface area contributed by atoms with Crippen molar-refractivity contribution in [3.63, 3.8) is 0 Å². The summed E-state index contributed by atoms with van der Waals surface area (Å²) in [6, 6.07) is 5.25. The zero-order valence-corrected chi connectivity index (χ0v) is 11.5. The Labute approximate surface area is 120 Å². The fourth-order valence-electron chi connectivity index (χ4n) is 5.18. The highest BCUT2D eigenvalue weighted by molar-refractivity contribution is 5.92. The molecule has 1 aromatic heterocycles. The number of H-pyrrole nitrogens is 1. The minimum atomic E-state index is -0.966. The van der Waals surface area contributed by atoms with Gasteiger partial charge in [0.25, 0.3) is 0 Å². The summed E-state index contributed by atoms with van der Waals surface area (Å²) in [5, 5.41) is 9.05. The van der Waals surface area contributed by atoms with Gasteiger partial charge in [0.1, 0.15) is 0 Å². The second-order valence-electron chi connectivity index (χ2n) is 6.82. The number of nitrogens with one attached hydrogen (secondary N) is 1. The lowest BCUT2D eigenvalue weighted by Crippen LogP contribution is -2.18. The number of nitrogens with zero attached hydrogens (tertiary/aromatic N) is 1. The molecule has 0 radical (unpaired) electrons. The minimum Gasteiger partial charge on any atom is -0.478 e. The van der Waals surface area contributed by atoms with Crippen molar-refractivity contribution in [2.75, 3.05) is 0 Å². The Morgan fingerprint density at radius 2 is 1.95 bits per heavy atom. The van der Waals surface area contributed by atoms with Gasteiger partial charge in [-0.3, -0.25) is 4.57 Å².